The second kappa shape index (κ2) is 9.89. The van der Waals surface area contributed by atoms with Crippen molar-refractivity contribution in [2.45, 2.75) is 76.4 Å². The fourth-order valence-corrected chi connectivity index (χ4v) is 5.86. The number of ether oxygens (including phenoxy) is 1. The molecule has 1 aromatic carbocycles. The zero-order valence-electron chi connectivity index (χ0n) is 21.4. The van der Waals surface area contributed by atoms with Gasteiger partial charge in [0.1, 0.15) is 35.4 Å². The molecule has 6 atom stereocenters. The zero-order valence-corrected chi connectivity index (χ0v) is 22.1. The van der Waals surface area contributed by atoms with Gasteiger partial charge in [0.15, 0.2) is 0 Å². The molecule has 3 fully saturated rings. The SMILES string of the molecule is CC(C)Oc1ccc(C(O)NC2(C(=O)N3CCC[C@H]3C(=O)NC3(C=O)CC3C(=O)O)C(C)C2C)c(Cl)c1. The van der Waals surface area contributed by atoms with Crippen molar-refractivity contribution >= 4 is 35.7 Å². The molecule has 5 unspecified atom stereocenters. The summed E-state index contributed by atoms with van der Waals surface area (Å²) in [4.78, 5) is 51.3. The number of aliphatic hydroxyl groups excluding tert-OH is 1. The number of likely N-dealkylation sites (tertiary alicyclic amines) is 1. The highest BCUT2D eigenvalue weighted by Gasteiger charge is 2.67. The van der Waals surface area contributed by atoms with E-state index in [2.05, 4.69) is 10.6 Å². The number of carbonyl (C=O) groups is 4. The molecule has 0 radical (unpaired) electrons. The van der Waals surface area contributed by atoms with Crippen LogP contribution in [0, 0.1) is 17.8 Å². The van der Waals surface area contributed by atoms with Gasteiger partial charge in [-0.05, 0) is 63.1 Å². The van der Waals surface area contributed by atoms with Crippen LogP contribution in [-0.2, 0) is 19.2 Å². The Morgan fingerprint density at radius 2 is 1.92 bits per heavy atom. The summed E-state index contributed by atoms with van der Waals surface area (Å²) in [6.07, 6.45) is 0.204. The quantitative estimate of drug-likeness (QED) is 0.262. The third-order valence-corrected chi connectivity index (χ3v) is 8.46. The standard InChI is InChI=1S/C26H34ClN3O7/c1-13(2)37-16-7-8-17(19(27)10-16)21(32)29-26(14(3)15(26)4)24(36)30-9-5-6-20(30)22(33)28-25(12-31)11-18(25)23(34)35/h7-8,10,12-15,18,20-21,29,32H,5-6,9,11H2,1-4H3,(H,28,33)(H,34,35)/t14?,15?,18?,20-,21?,25?,26?/m0/s1. The van der Waals surface area contributed by atoms with E-state index in [0.29, 0.717) is 37.0 Å². The molecule has 1 aliphatic heterocycles. The van der Waals surface area contributed by atoms with Crippen LogP contribution in [0.4, 0.5) is 0 Å². The third-order valence-electron chi connectivity index (χ3n) is 8.13. The molecule has 0 aromatic heterocycles. The molecular weight excluding hydrogens is 502 g/mol. The number of nitrogens with one attached hydrogen (secondary N) is 2. The first-order valence-electron chi connectivity index (χ1n) is 12.6. The number of benzene rings is 1. The van der Waals surface area contributed by atoms with E-state index < -0.39 is 41.1 Å². The summed E-state index contributed by atoms with van der Waals surface area (Å²) in [5.41, 5.74) is -2.13. The lowest BCUT2D eigenvalue weighted by Gasteiger charge is -2.32. The van der Waals surface area contributed by atoms with E-state index in [4.69, 9.17) is 16.3 Å². The van der Waals surface area contributed by atoms with Gasteiger partial charge in [0, 0.05) is 12.1 Å². The number of carboxylic acid groups (broad SMARTS) is 1. The summed E-state index contributed by atoms with van der Waals surface area (Å²) < 4.78 is 5.64. The molecule has 4 rings (SSSR count). The third kappa shape index (κ3) is 4.82. The lowest BCUT2D eigenvalue weighted by atomic mass is 10.1. The monoisotopic (exact) mass is 535 g/mol. The van der Waals surface area contributed by atoms with Gasteiger partial charge >= 0.3 is 5.97 Å². The first-order chi connectivity index (χ1) is 17.4. The van der Waals surface area contributed by atoms with Gasteiger partial charge in [-0.3, -0.25) is 19.7 Å². The largest absolute Gasteiger partial charge is 0.491 e. The highest BCUT2D eigenvalue weighted by molar-refractivity contribution is 6.31. The Balaban J connectivity index is 1.50. The van der Waals surface area contributed by atoms with Crippen molar-refractivity contribution in [1.82, 2.24) is 15.5 Å². The molecule has 1 heterocycles. The number of aldehydes is 1. The lowest BCUT2D eigenvalue weighted by Crippen LogP contribution is -2.57. The van der Waals surface area contributed by atoms with Crippen LogP contribution < -0.4 is 15.4 Å². The van der Waals surface area contributed by atoms with Crippen molar-refractivity contribution in [3.8, 4) is 5.75 Å². The molecule has 0 bridgehead atoms. The second-order valence-electron chi connectivity index (χ2n) is 10.7. The van der Waals surface area contributed by atoms with Crippen molar-refractivity contribution in [2.75, 3.05) is 6.54 Å². The van der Waals surface area contributed by atoms with Crippen LogP contribution >= 0.6 is 11.6 Å². The molecule has 2 amide bonds. The summed E-state index contributed by atoms with van der Waals surface area (Å²) in [6.45, 7) is 7.93. The van der Waals surface area contributed by atoms with E-state index in [1.807, 2.05) is 27.7 Å². The average molecular weight is 536 g/mol. The van der Waals surface area contributed by atoms with Gasteiger partial charge in [-0.2, -0.15) is 0 Å². The van der Waals surface area contributed by atoms with Gasteiger partial charge in [-0.1, -0.05) is 25.4 Å². The van der Waals surface area contributed by atoms with Crippen LogP contribution in [0.2, 0.25) is 5.02 Å². The molecular formula is C26H34ClN3O7. The van der Waals surface area contributed by atoms with Crippen LogP contribution in [0.1, 0.15) is 58.7 Å². The Kier molecular flexibility index (Phi) is 7.31. The molecule has 202 valence electrons. The normalized spacial score (nSPS) is 33.1. The van der Waals surface area contributed by atoms with E-state index in [-0.39, 0.29) is 35.3 Å². The Hall–Kier alpha value is -2.69. The number of hydrogen-bond donors (Lipinski definition) is 4. The Bertz CT molecular complexity index is 1100. The van der Waals surface area contributed by atoms with Crippen molar-refractivity contribution in [1.29, 1.82) is 0 Å². The molecule has 3 aliphatic rings. The number of hydrogen-bond acceptors (Lipinski definition) is 7. The number of aliphatic carboxylic acids is 1. The lowest BCUT2D eigenvalue weighted by molar-refractivity contribution is -0.144. The van der Waals surface area contributed by atoms with Crippen molar-refractivity contribution < 1.29 is 34.1 Å². The van der Waals surface area contributed by atoms with Crippen LogP contribution in [-0.4, -0.2) is 69.0 Å². The number of rotatable bonds is 10. The maximum atomic E-state index is 13.9. The molecule has 1 saturated heterocycles. The van der Waals surface area contributed by atoms with Gasteiger partial charge in [-0.25, -0.2) is 0 Å². The highest BCUT2D eigenvalue weighted by Crippen LogP contribution is 2.53. The Morgan fingerprint density at radius 1 is 1.24 bits per heavy atom. The predicted molar refractivity (Wildman–Crippen MR) is 134 cm³/mol. The Morgan fingerprint density at radius 3 is 2.43 bits per heavy atom. The number of aliphatic hydroxyl groups is 1. The highest BCUT2D eigenvalue weighted by atomic mass is 35.5. The molecule has 2 saturated carbocycles. The molecule has 1 aromatic rings. The molecule has 37 heavy (non-hydrogen) atoms. The minimum absolute atomic E-state index is 0.0335. The number of carboxylic acids is 1. The van der Waals surface area contributed by atoms with E-state index in [9.17, 15) is 29.4 Å². The van der Waals surface area contributed by atoms with Crippen molar-refractivity contribution in [3.05, 3.63) is 28.8 Å². The van der Waals surface area contributed by atoms with E-state index >= 15 is 0 Å². The molecule has 2 aliphatic carbocycles. The number of nitrogens with zero attached hydrogens (tertiary/aromatic N) is 1. The molecule has 10 nitrogen and oxygen atoms in total. The minimum Gasteiger partial charge on any atom is -0.491 e. The fourth-order valence-electron chi connectivity index (χ4n) is 5.59. The fraction of sp³-hybridized carbons (Fsp3) is 0.615. The van der Waals surface area contributed by atoms with Gasteiger partial charge in [0.25, 0.3) is 0 Å². The average Bonchev–Trinajstić information content (AvgIpc) is 3.56. The van der Waals surface area contributed by atoms with Crippen LogP contribution in [0.15, 0.2) is 18.2 Å². The van der Waals surface area contributed by atoms with Crippen LogP contribution in [0.3, 0.4) is 0 Å². The zero-order chi connectivity index (χ0) is 27.3. The summed E-state index contributed by atoms with van der Waals surface area (Å²) in [5.74, 6) is -2.65. The number of amides is 2. The van der Waals surface area contributed by atoms with E-state index in [1.54, 1.807) is 18.2 Å². The minimum atomic E-state index is -1.42. The maximum absolute atomic E-state index is 13.9. The summed E-state index contributed by atoms with van der Waals surface area (Å²) in [5, 5.41) is 26.2. The number of halogens is 1. The van der Waals surface area contributed by atoms with Crippen molar-refractivity contribution in [2.24, 2.45) is 17.8 Å². The summed E-state index contributed by atoms with van der Waals surface area (Å²) in [6, 6.07) is 4.13. The second-order valence-corrected chi connectivity index (χ2v) is 11.1. The predicted octanol–water partition coefficient (Wildman–Crippen LogP) is 1.88. The van der Waals surface area contributed by atoms with Crippen LogP contribution in [0.25, 0.3) is 0 Å². The topological polar surface area (TPSA) is 145 Å². The van der Waals surface area contributed by atoms with Gasteiger partial charge in [0.05, 0.1) is 17.0 Å². The molecule has 4 N–H and O–H groups in total. The molecule has 0 spiro atoms. The summed E-state index contributed by atoms with van der Waals surface area (Å²) in [7, 11) is 0. The van der Waals surface area contributed by atoms with Crippen molar-refractivity contribution in [3.63, 3.8) is 0 Å². The van der Waals surface area contributed by atoms with Gasteiger partial charge < -0.3 is 30.0 Å². The van der Waals surface area contributed by atoms with E-state index in [0.717, 1.165) is 0 Å². The first-order valence-corrected chi connectivity index (χ1v) is 13.0. The first kappa shape index (κ1) is 27.3. The molecule has 11 heteroatoms. The number of carbonyl (C=O) groups excluding carboxylic acids is 3. The smallest absolute Gasteiger partial charge is 0.309 e. The van der Waals surface area contributed by atoms with Gasteiger partial charge in [-0.15, -0.1) is 0 Å². The maximum Gasteiger partial charge on any atom is 0.309 e. The Labute approximate surface area is 220 Å². The summed E-state index contributed by atoms with van der Waals surface area (Å²) >= 11 is 6.42. The van der Waals surface area contributed by atoms with Gasteiger partial charge in [0.2, 0.25) is 11.8 Å². The van der Waals surface area contributed by atoms with Crippen LogP contribution in [0.5, 0.6) is 5.75 Å². The van der Waals surface area contributed by atoms with E-state index in [1.165, 1.54) is 4.90 Å².